The predicted molar refractivity (Wildman–Crippen MR) is 117 cm³/mol. The van der Waals surface area contributed by atoms with E-state index < -0.39 is 17.6 Å². The highest BCUT2D eigenvalue weighted by molar-refractivity contribution is 6.43. The molecule has 32 heavy (non-hydrogen) atoms. The van der Waals surface area contributed by atoms with Crippen molar-refractivity contribution in [1.82, 2.24) is 15.1 Å². The lowest BCUT2D eigenvalue weighted by Crippen LogP contribution is -2.31. The molecule has 2 amide bonds. The zero-order valence-corrected chi connectivity index (χ0v) is 18.0. The number of aromatic nitrogens is 2. The van der Waals surface area contributed by atoms with Crippen molar-refractivity contribution in [3.8, 4) is 17.2 Å². The van der Waals surface area contributed by atoms with Crippen molar-refractivity contribution < 1.29 is 23.9 Å². The number of hydrogen-bond acceptors (Lipinski definition) is 6. The lowest BCUT2D eigenvalue weighted by Gasteiger charge is -2.11. The van der Waals surface area contributed by atoms with Gasteiger partial charge in [-0.25, -0.2) is 4.68 Å². The molecule has 0 radical (unpaired) electrons. The second kappa shape index (κ2) is 9.78. The number of methoxy groups -OCH3 is 1. The molecule has 0 aliphatic heterocycles. The van der Waals surface area contributed by atoms with Gasteiger partial charge < -0.3 is 20.5 Å². The maximum Gasteiger partial charge on any atom is 0.292 e. The van der Waals surface area contributed by atoms with Crippen LogP contribution in [0.2, 0.25) is 0 Å². The Kier molecular flexibility index (Phi) is 6.89. The van der Waals surface area contributed by atoms with Gasteiger partial charge in [0.15, 0.2) is 18.1 Å². The van der Waals surface area contributed by atoms with Crippen LogP contribution in [0.15, 0.2) is 48.5 Å². The lowest BCUT2D eigenvalue weighted by atomic mass is 10.1. The summed E-state index contributed by atoms with van der Waals surface area (Å²) < 4.78 is 12.2. The van der Waals surface area contributed by atoms with Gasteiger partial charge in [0.25, 0.3) is 17.6 Å². The molecule has 0 spiro atoms. The number of primary amides is 1. The van der Waals surface area contributed by atoms with Gasteiger partial charge in [0.2, 0.25) is 0 Å². The molecule has 3 N–H and O–H groups in total. The number of para-hydroxylation sites is 1. The van der Waals surface area contributed by atoms with Crippen molar-refractivity contribution >= 4 is 17.6 Å². The molecule has 0 atom stereocenters. The van der Waals surface area contributed by atoms with E-state index in [1.54, 1.807) is 36.7 Å². The number of Topliss-reactive ketones (excluding diaryl/α,β-unsaturated/α-hetero) is 1. The summed E-state index contributed by atoms with van der Waals surface area (Å²) >= 11 is 0. The predicted octanol–water partition coefficient (Wildman–Crippen LogP) is 1.86. The van der Waals surface area contributed by atoms with Crippen LogP contribution in [0.3, 0.4) is 0 Å². The molecule has 9 nitrogen and oxygen atoms in total. The number of carbonyl (C=O) groups excluding carboxylic acids is 3. The highest BCUT2D eigenvalue weighted by Gasteiger charge is 2.25. The first-order valence-corrected chi connectivity index (χ1v) is 9.84. The van der Waals surface area contributed by atoms with Gasteiger partial charge in [0.05, 0.1) is 29.7 Å². The fourth-order valence-corrected chi connectivity index (χ4v) is 3.26. The Labute approximate surface area is 185 Å². The molecule has 166 valence electrons. The van der Waals surface area contributed by atoms with Crippen molar-refractivity contribution in [3.05, 3.63) is 71.0 Å². The summed E-state index contributed by atoms with van der Waals surface area (Å²) in [5.74, 6) is -1.28. The van der Waals surface area contributed by atoms with Gasteiger partial charge in [-0.2, -0.15) is 5.10 Å². The number of hydrogen-bond donors (Lipinski definition) is 2. The van der Waals surface area contributed by atoms with E-state index in [0.717, 1.165) is 5.69 Å². The number of ether oxygens (including phenoxy) is 2. The van der Waals surface area contributed by atoms with Crippen molar-refractivity contribution in [1.29, 1.82) is 0 Å². The Hall–Kier alpha value is -4.14. The van der Waals surface area contributed by atoms with Crippen molar-refractivity contribution in [3.63, 3.8) is 0 Å². The summed E-state index contributed by atoms with van der Waals surface area (Å²) in [7, 11) is 1.45. The lowest BCUT2D eigenvalue weighted by molar-refractivity contribution is -0.120. The first-order chi connectivity index (χ1) is 15.3. The van der Waals surface area contributed by atoms with Gasteiger partial charge in [0.1, 0.15) is 0 Å². The standard InChI is InChI=1S/C23H24N4O5/c1-14-21(15(2)27(26-14)17-7-5-4-6-8-17)22(29)23(30)25-12-16-9-10-18(19(11-16)31-3)32-13-20(24)28/h4-11H,12-13H2,1-3H3,(H2,24,28)(H,25,30). The number of benzene rings is 2. The molecule has 0 saturated heterocycles. The average molecular weight is 436 g/mol. The van der Waals surface area contributed by atoms with E-state index in [9.17, 15) is 14.4 Å². The van der Waals surface area contributed by atoms with E-state index in [1.165, 1.54) is 7.11 Å². The Morgan fingerprint density at radius 1 is 1.06 bits per heavy atom. The Morgan fingerprint density at radius 2 is 1.78 bits per heavy atom. The number of carbonyl (C=O) groups is 3. The molecule has 1 heterocycles. The Bertz CT molecular complexity index is 1150. The second-order valence-corrected chi connectivity index (χ2v) is 7.05. The van der Waals surface area contributed by atoms with E-state index in [-0.39, 0.29) is 18.7 Å². The second-order valence-electron chi connectivity index (χ2n) is 7.05. The van der Waals surface area contributed by atoms with E-state index in [0.29, 0.717) is 28.5 Å². The molecule has 0 aliphatic carbocycles. The first-order valence-electron chi connectivity index (χ1n) is 9.84. The molecule has 0 unspecified atom stereocenters. The molecule has 0 fully saturated rings. The SMILES string of the molecule is COc1cc(CNC(=O)C(=O)c2c(C)nn(-c3ccccc3)c2C)ccc1OCC(N)=O. The van der Waals surface area contributed by atoms with Crippen LogP contribution < -0.4 is 20.5 Å². The average Bonchev–Trinajstić information content (AvgIpc) is 3.09. The number of nitrogens with two attached hydrogens (primary N) is 1. The van der Waals surface area contributed by atoms with Crippen LogP contribution in [-0.2, 0) is 16.1 Å². The summed E-state index contributed by atoms with van der Waals surface area (Å²) in [6, 6.07) is 14.3. The van der Waals surface area contributed by atoms with Gasteiger partial charge in [0, 0.05) is 6.54 Å². The van der Waals surface area contributed by atoms with E-state index in [1.807, 2.05) is 30.3 Å². The van der Waals surface area contributed by atoms with Crippen molar-refractivity contribution in [2.75, 3.05) is 13.7 Å². The third kappa shape index (κ3) is 4.94. The van der Waals surface area contributed by atoms with Crippen LogP contribution in [0.1, 0.15) is 27.3 Å². The van der Waals surface area contributed by atoms with Crippen LogP contribution in [-0.4, -0.2) is 41.1 Å². The van der Waals surface area contributed by atoms with Crippen LogP contribution in [0, 0.1) is 13.8 Å². The largest absolute Gasteiger partial charge is 0.493 e. The van der Waals surface area contributed by atoms with Crippen LogP contribution in [0.4, 0.5) is 0 Å². The molecular formula is C23H24N4O5. The van der Waals surface area contributed by atoms with Gasteiger partial charge >= 0.3 is 0 Å². The minimum absolute atomic E-state index is 0.0992. The number of nitrogens with one attached hydrogen (secondary N) is 1. The Balaban J connectivity index is 1.71. The van der Waals surface area contributed by atoms with E-state index in [4.69, 9.17) is 15.2 Å². The van der Waals surface area contributed by atoms with Gasteiger partial charge in [-0.1, -0.05) is 24.3 Å². The third-order valence-corrected chi connectivity index (χ3v) is 4.78. The molecule has 0 aliphatic rings. The van der Waals surface area contributed by atoms with Crippen LogP contribution in [0.25, 0.3) is 5.69 Å². The quantitative estimate of drug-likeness (QED) is 0.390. The topological polar surface area (TPSA) is 126 Å². The molecule has 3 aromatic rings. The van der Waals surface area contributed by atoms with Gasteiger partial charge in [-0.15, -0.1) is 0 Å². The van der Waals surface area contributed by atoms with Gasteiger partial charge in [-0.3, -0.25) is 14.4 Å². The molecule has 9 heteroatoms. The van der Waals surface area contributed by atoms with Gasteiger partial charge in [-0.05, 0) is 43.7 Å². The summed E-state index contributed by atoms with van der Waals surface area (Å²) in [5, 5.41) is 7.04. The normalized spacial score (nSPS) is 10.5. The Morgan fingerprint density at radius 3 is 2.44 bits per heavy atom. The molecular weight excluding hydrogens is 412 g/mol. The van der Waals surface area contributed by atoms with Crippen molar-refractivity contribution in [2.24, 2.45) is 5.73 Å². The fraction of sp³-hybridized carbons (Fsp3) is 0.217. The molecule has 0 bridgehead atoms. The summed E-state index contributed by atoms with van der Waals surface area (Å²) in [5.41, 5.74) is 7.91. The zero-order valence-electron chi connectivity index (χ0n) is 18.0. The maximum atomic E-state index is 12.8. The fourth-order valence-electron chi connectivity index (χ4n) is 3.26. The minimum Gasteiger partial charge on any atom is -0.493 e. The van der Waals surface area contributed by atoms with Crippen LogP contribution in [0.5, 0.6) is 11.5 Å². The van der Waals surface area contributed by atoms with Crippen molar-refractivity contribution in [2.45, 2.75) is 20.4 Å². The number of aryl methyl sites for hydroxylation is 1. The van der Waals surface area contributed by atoms with E-state index in [2.05, 4.69) is 10.4 Å². The summed E-state index contributed by atoms with van der Waals surface area (Å²) in [4.78, 5) is 36.3. The number of nitrogens with zero attached hydrogens (tertiary/aromatic N) is 2. The number of rotatable bonds is 9. The molecule has 0 saturated carbocycles. The third-order valence-electron chi connectivity index (χ3n) is 4.78. The number of amides is 2. The maximum absolute atomic E-state index is 12.8. The molecule has 2 aromatic carbocycles. The smallest absolute Gasteiger partial charge is 0.292 e. The summed E-state index contributed by atoms with van der Waals surface area (Å²) in [6.07, 6.45) is 0. The summed E-state index contributed by atoms with van der Waals surface area (Å²) in [6.45, 7) is 3.27. The number of ketones is 1. The molecule has 3 rings (SSSR count). The zero-order chi connectivity index (χ0) is 23.3. The minimum atomic E-state index is -0.739. The highest BCUT2D eigenvalue weighted by atomic mass is 16.5. The molecule has 1 aromatic heterocycles. The van der Waals surface area contributed by atoms with E-state index >= 15 is 0 Å². The first kappa shape index (κ1) is 22.5. The monoisotopic (exact) mass is 436 g/mol. The van der Waals surface area contributed by atoms with Crippen LogP contribution >= 0.6 is 0 Å². The highest BCUT2D eigenvalue weighted by Crippen LogP contribution is 2.28.